The molecule has 2 saturated heterocycles. The molecule has 1 aromatic carbocycles. The zero-order chi connectivity index (χ0) is 15.0. The largest absolute Gasteiger partial charge is 0.326 e. The molecule has 116 valence electrons. The highest BCUT2D eigenvalue weighted by Gasteiger charge is 2.39. The second-order valence-electron chi connectivity index (χ2n) is 5.73. The molecule has 0 aliphatic carbocycles. The van der Waals surface area contributed by atoms with Crippen molar-refractivity contribution >= 4 is 21.6 Å². The van der Waals surface area contributed by atoms with Gasteiger partial charge in [0.05, 0.1) is 5.02 Å². The molecule has 0 amide bonds. The van der Waals surface area contributed by atoms with Crippen LogP contribution in [0.4, 0.5) is 0 Å². The number of sulfonamides is 1. The minimum Gasteiger partial charge on any atom is -0.326 e. The highest BCUT2D eigenvalue weighted by Crippen LogP contribution is 2.30. The number of nitrogens with two attached hydrogens (primary N) is 1. The molecule has 0 aromatic heterocycles. The highest BCUT2D eigenvalue weighted by atomic mass is 35.5. The van der Waals surface area contributed by atoms with Crippen molar-refractivity contribution in [2.45, 2.75) is 42.8 Å². The van der Waals surface area contributed by atoms with Crippen molar-refractivity contribution in [3.8, 4) is 0 Å². The van der Waals surface area contributed by atoms with Crippen molar-refractivity contribution in [3.05, 3.63) is 28.8 Å². The number of halogens is 1. The molecular weight excluding hydrogens is 310 g/mol. The molecule has 0 radical (unpaired) electrons. The van der Waals surface area contributed by atoms with Crippen molar-refractivity contribution < 1.29 is 8.42 Å². The Balaban J connectivity index is 1.84. The summed E-state index contributed by atoms with van der Waals surface area (Å²) in [6, 6.07) is 5.21. The van der Waals surface area contributed by atoms with Gasteiger partial charge in [0.25, 0.3) is 0 Å². The minimum atomic E-state index is -3.61. The molecule has 2 atom stereocenters. The van der Waals surface area contributed by atoms with Crippen LogP contribution in [0.1, 0.15) is 24.8 Å². The van der Waals surface area contributed by atoms with Gasteiger partial charge in [-0.05, 0) is 43.5 Å². The Morgan fingerprint density at radius 3 is 2.90 bits per heavy atom. The fourth-order valence-corrected chi connectivity index (χ4v) is 5.22. The van der Waals surface area contributed by atoms with E-state index in [2.05, 4.69) is 9.62 Å². The molecule has 0 spiro atoms. The van der Waals surface area contributed by atoms with E-state index in [9.17, 15) is 8.42 Å². The molecule has 1 aromatic rings. The molecule has 2 heterocycles. The van der Waals surface area contributed by atoms with Crippen molar-refractivity contribution in [2.75, 3.05) is 13.1 Å². The van der Waals surface area contributed by atoms with Crippen molar-refractivity contribution in [1.82, 2.24) is 9.62 Å². The van der Waals surface area contributed by atoms with Gasteiger partial charge in [-0.2, -0.15) is 0 Å². The maximum absolute atomic E-state index is 12.6. The van der Waals surface area contributed by atoms with Crippen molar-refractivity contribution in [3.63, 3.8) is 0 Å². The SMILES string of the molecule is NCc1ccc(Cl)c(S(=O)(=O)NC2CCN3CCCC23)c1. The van der Waals surface area contributed by atoms with Gasteiger partial charge in [-0.15, -0.1) is 0 Å². The third kappa shape index (κ3) is 2.96. The van der Waals surface area contributed by atoms with E-state index in [4.69, 9.17) is 17.3 Å². The van der Waals surface area contributed by atoms with Gasteiger partial charge in [-0.3, -0.25) is 4.90 Å². The lowest BCUT2D eigenvalue weighted by Gasteiger charge is -2.21. The normalized spacial score (nSPS) is 26.2. The van der Waals surface area contributed by atoms with Crippen LogP contribution in [0.25, 0.3) is 0 Å². The molecule has 2 aliphatic rings. The average Bonchev–Trinajstić information content (AvgIpc) is 3.04. The summed E-state index contributed by atoms with van der Waals surface area (Å²) < 4.78 is 28.1. The first kappa shape index (κ1) is 15.2. The molecule has 2 fully saturated rings. The van der Waals surface area contributed by atoms with Crippen LogP contribution in [-0.2, 0) is 16.6 Å². The average molecular weight is 330 g/mol. The molecular formula is C14H20ClN3O2S. The number of nitrogens with one attached hydrogen (secondary N) is 1. The fourth-order valence-electron chi connectivity index (χ4n) is 3.36. The molecule has 0 bridgehead atoms. The Morgan fingerprint density at radius 2 is 2.14 bits per heavy atom. The second kappa shape index (κ2) is 5.85. The maximum Gasteiger partial charge on any atom is 0.242 e. The third-order valence-electron chi connectivity index (χ3n) is 4.43. The van der Waals surface area contributed by atoms with E-state index < -0.39 is 10.0 Å². The minimum absolute atomic E-state index is 0.0184. The van der Waals surface area contributed by atoms with Gasteiger partial charge in [0.2, 0.25) is 10.0 Å². The number of hydrogen-bond acceptors (Lipinski definition) is 4. The number of hydrogen-bond donors (Lipinski definition) is 2. The van der Waals surface area contributed by atoms with Gasteiger partial charge in [-0.1, -0.05) is 17.7 Å². The maximum atomic E-state index is 12.6. The smallest absolute Gasteiger partial charge is 0.242 e. The molecule has 5 nitrogen and oxygen atoms in total. The Morgan fingerprint density at radius 1 is 1.33 bits per heavy atom. The van der Waals surface area contributed by atoms with Crippen LogP contribution in [0, 0.1) is 0 Å². The number of nitrogens with zero attached hydrogens (tertiary/aromatic N) is 1. The van der Waals surface area contributed by atoms with E-state index in [0.717, 1.165) is 37.9 Å². The molecule has 2 aliphatic heterocycles. The van der Waals surface area contributed by atoms with E-state index in [1.807, 2.05) is 0 Å². The molecule has 3 N–H and O–H groups in total. The molecule has 3 rings (SSSR count). The van der Waals surface area contributed by atoms with Gasteiger partial charge >= 0.3 is 0 Å². The second-order valence-corrected chi connectivity index (χ2v) is 7.82. The zero-order valence-electron chi connectivity index (χ0n) is 11.8. The van der Waals surface area contributed by atoms with Crippen LogP contribution in [0.3, 0.4) is 0 Å². The molecule has 21 heavy (non-hydrogen) atoms. The zero-order valence-corrected chi connectivity index (χ0v) is 13.3. The number of fused-ring (bicyclic) bond motifs is 1. The molecule has 0 saturated carbocycles. The lowest BCUT2D eigenvalue weighted by molar-refractivity contribution is 0.309. The van der Waals surface area contributed by atoms with Crippen molar-refractivity contribution in [2.24, 2.45) is 5.73 Å². The standard InChI is InChI=1S/C14H20ClN3O2S/c15-11-4-3-10(9-16)8-14(11)21(19,20)17-12-5-7-18-6-1-2-13(12)18/h3-4,8,12-13,17H,1-2,5-7,9,16H2. The Labute approximate surface area is 130 Å². The van der Waals surface area contributed by atoms with Gasteiger partial charge in [0.15, 0.2) is 0 Å². The summed E-state index contributed by atoms with van der Waals surface area (Å²) in [6.07, 6.45) is 3.06. The summed E-state index contributed by atoms with van der Waals surface area (Å²) in [5.41, 5.74) is 6.34. The van der Waals surface area contributed by atoms with Gasteiger partial charge in [0.1, 0.15) is 4.90 Å². The van der Waals surface area contributed by atoms with Crippen molar-refractivity contribution in [1.29, 1.82) is 0 Å². The summed E-state index contributed by atoms with van der Waals surface area (Å²) in [7, 11) is -3.61. The summed E-state index contributed by atoms with van der Waals surface area (Å²) >= 11 is 6.06. The predicted octanol–water partition coefficient (Wildman–Crippen LogP) is 1.31. The van der Waals surface area contributed by atoms with Crippen LogP contribution in [-0.4, -0.2) is 38.5 Å². The quantitative estimate of drug-likeness (QED) is 0.873. The topological polar surface area (TPSA) is 75.4 Å². The lowest BCUT2D eigenvalue weighted by Crippen LogP contribution is -2.42. The Kier molecular flexibility index (Phi) is 4.25. The summed E-state index contributed by atoms with van der Waals surface area (Å²) in [5, 5.41) is 0.237. The van der Waals surface area contributed by atoms with Crippen LogP contribution in [0.15, 0.2) is 23.1 Å². The van der Waals surface area contributed by atoms with E-state index in [0.29, 0.717) is 12.6 Å². The van der Waals surface area contributed by atoms with Crippen LogP contribution in [0.5, 0.6) is 0 Å². The fraction of sp³-hybridized carbons (Fsp3) is 0.571. The highest BCUT2D eigenvalue weighted by molar-refractivity contribution is 7.89. The van der Waals surface area contributed by atoms with E-state index in [-0.39, 0.29) is 16.0 Å². The monoisotopic (exact) mass is 329 g/mol. The third-order valence-corrected chi connectivity index (χ3v) is 6.40. The van der Waals surface area contributed by atoms with Crippen LogP contribution >= 0.6 is 11.6 Å². The molecule has 2 unspecified atom stereocenters. The number of benzene rings is 1. The summed E-state index contributed by atoms with van der Waals surface area (Å²) in [5.74, 6) is 0. The van der Waals surface area contributed by atoms with Crippen LogP contribution < -0.4 is 10.5 Å². The summed E-state index contributed by atoms with van der Waals surface area (Å²) in [6.45, 7) is 2.33. The van der Waals surface area contributed by atoms with Crippen LogP contribution in [0.2, 0.25) is 5.02 Å². The first-order valence-electron chi connectivity index (χ1n) is 7.26. The number of rotatable bonds is 4. The van der Waals surface area contributed by atoms with Gasteiger partial charge in [-0.25, -0.2) is 13.1 Å². The first-order chi connectivity index (χ1) is 10.0. The Bertz CT molecular complexity index is 635. The van der Waals surface area contributed by atoms with E-state index in [1.165, 1.54) is 0 Å². The van der Waals surface area contributed by atoms with Gasteiger partial charge < -0.3 is 5.73 Å². The first-order valence-corrected chi connectivity index (χ1v) is 9.12. The molecule has 7 heteroatoms. The predicted molar refractivity (Wildman–Crippen MR) is 82.7 cm³/mol. The van der Waals surface area contributed by atoms with E-state index >= 15 is 0 Å². The summed E-state index contributed by atoms with van der Waals surface area (Å²) in [4.78, 5) is 2.49. The van der Waals surface area contributed by atoms with Gasteiger partial charge in [0, 0.05) is 25.2 Å². The van der Waals surface area contributed by atoms with E-state index in [1.54, 1.807) is 18.2 Å². The lowest BCUT2D eigenvalue weighted by atomic mass is 10.1. The Hall–Kier alpha value is -0.660.